The first-order valence-corrected chi connectivity index (χ1v) is 10.3. The summed E-state index contributed by atoms with van der Waals surface area (Å²) in [6, 6.07) is 10.2. The van der Waals surface area contributed by atoms with E-state index in [1.165, 1.54) is 6.42 Å². The van der Waals surface area contributed by atoms with E-state index >= 15 is 0 Å². The summed E-state index contributed by atoms with van der Waals surface area (Å²) in [6.07, 6.45) is 11.1. The summed E-state index contributed by atoms with van der Waals surface area (Å²) >= 11 is 0. The Hall–Kier alpha value is -3.15. The molecule has 1 N–H and O–H groups in total. The highest BCUT2D eigenvalue weighted by Gasteiger charge is 2.31. The van der Waals surface area contributed by atoms with Gasteiger partial charge in [0.05, 0.1) is 24.1 Å². The highest BCUT2D eigenvalue weighted by molar-refractivity contribution is 6.00. The number of rotatable bonds is 2. The van der Waals surface area contributed by atoms with Gasteiger partial charge in [-0.2, -0.15) is 5.10 Å². The van der Waals surface area contributed by atoms with Crippen LogP contribution in [0.4, 0.5) is 17.2 Å². The fourth-order valence-electron chi connectivity index (χ4n) is 4.44. The number of anilines is 3. The number of carbonyl (C=O) groups excluding carboxylic acids is 1. The molecule has 1 aliphatic heterocycles. The van der Waals surface area contributed by atoms with Crippen LogP contribution in [0.15, 0.2) is 48.9 Å². The Balaban J connectivity index is 1.59. The number of hydrogen-bond donors (Lipinski definition) is 1. The number of nitrogens with one attached hydrogen (secondary N) is 1. The van der Waals surface area contributed by atoms with Gasteiger partial charge in [-0.25, -0.2) is 4.98 Å². The van der Waals surface area contributed by atoms with E-state index in [2.05, 4.69) is 27.5 Å². The van der Waals surface area contributed by atoms with E-state index in [-0.39, 0.29) is 11.8 Å². The van der Waals surface area contributed by atoms with Crippen molar-refractivity contribution in [2.75, 3.05) is 10.2 Å². The third-order valence-electron chi connectivity index (χ3n) is 6.02. The largest absolute Gasteiger partial charge is 0.338 e. The maximum atomic E-state index is 13.6. The second-order valence-electron chi connectivity index (χ2n) is 8.03. The minimum Gasteiger partial charge on any atom is -0.338 e. The van der Waals surface area contributed by atoms with Gasteiger partial charge < -0.3 is 10.2 Å². The molecule has 0 radical (unpaired) electrons. The zero-order valence-electron chi connectivity index (χ0n) is 16.6. The van der Waals surface area contributed by atoms with Crippen molar-refractivity contribution in [3.8, 4) is 11.1 Å². The van der Waals surface area contributed by atoms with Gasteiger partial charge in [0.1, 0.15) is 5.82 Å². The van der Waals surface area contributed by atoms with Gasteiger partial charge in [0.2, 0.25) is 5.91 Å². The molecule has 0 unspecified atom stereocenters. The van der Waals surface area contributed by atoms with Crippen LogP contribution in [0.25, 0.3) is 11.1 Å². The smallest absolute Gasteiger partial charge is 0.230 e. The minimum atomic E-state index is 0.108. The number of nitrogens with zero attached hydrogens (tertiary/aromatic N) is 4. The molecule has 1 aromatic carbocycles. The molecule has 1 amide bonds. The summed E-state index contributed by atoms with van der Waals surface area (Å²) in [5.74, 6) is 1.16. The first-order chi connectivity index (χ1) is 14.2. The maximum absolute atomic E-state index is 13.6. The van der Waals surface area contributed by atoms with Crippen molar-refractivity contribution in [3.05, 3.63) is 54.5 Å². The first-order valence-electron chi connectivity index (χ1n) is 10.3. The number of aryl methyl sites for hydroxylation is 1. The number of fused-ring (bicyclic) bond motifs is 2. The van der Waals surface area contributed by atoms with E-state index in [1.54, 1.807) is 10.9 Å². The van der Waals surface area contributed by atoms with Gasteiger partial charge in [-0.3, -0.25) is 9.48 Å². The lowest BCUT2D eigenvalue weighted by atomic mass is 9.88. The van der Waals surface area contributed by atoms with E-state index in [0.29, 0.717) is 6.54 Å². The van der Waals surface area contributed by atoms with Gasteiger partial charge >= 0.3 is 0 Å². The summed E-state index contributed by atoms with van der Waals surface area (Å²) in [6.45, 7) is 0.537. The van der Waals surface area contributed by atoms with Crippen LogP contribution in [0.2, 0.25) is 0 Å². The maximum Gasteiger partial charge on any atom is 0.230 e. The van der Waals surface area contributed by atoms with Gasteiger partial charge in [-0.15, -0.1) is 0 Å². The topological polar surface area (TPSA) is 63.1 Å². The average Bonchev–Trinajstić information content (AvgIpc) is 3.12. The number of pyridine rings is 1. The Morgan fingerprint density at radius 1 is 1.14 bits per heavy atom. The van der Waals surface area contributed by atoms with E-state index in [0.717, 1.165) is 59.6 Å². The van der Waals surface area contributed by atoms with Gasteiger partial charge in [-0.1, -0.05) is 31.4 Å². The van der Waals surface area contributed by atoms with Crippen LogP contribution < -0.4 is 10.2 Å². The molecule has 1 saturated carbocycles. The molecule has 1 aliphatic carbocycles. The quantitative estimate of drug-likeness (QED) is 0.695. The number of hydrogen-bond acceptors (Lipinski definition) is 4. The van der Waals surface area contributed by atoms with Gasteiger partial charge in [0.25, 0.3) is 0 Å². The molecule has 2 aromatic heterocycles. The van der Waals surface area contributed by atoms with Gasteiger partial charge in [0.15, 0.2) is 0 Å². The molecule has 5 rings (SSSR count). The van der Waals surface area contributed by atoms with Crippen LogP contribution in [0.3, 0.4) is 0 Å². The molecule has 3 aromatic rings. The second kappa shape index (κ2) is 7.35. The summed E-state index contributed by atoms with van der Waals surface area (Å²) in [4.78, 5) is 20.1. The third-order valence-corrected chi connectivity index (χ3v) is 6.02. The standard InChI is InChI=1S/C23H25N5O/c1-27-14-19(13-25-27)17-9-10-20-21(12-17)28(23(29)16-6-3-2-4-7-16)15-18-8-5-11-24-22(18)26-20/h5,8-14,16H,2-4,6-7,15H2,1H3,(H,24,26). The van der Waals surface area contributed by atoms with E-state index in [1.807, 2.05) is 42.5 Å². The van der Waals surface area contributed by atoms with Crippen molar-refractivity contribution in [3.63, 3.8) is 0 Å². The fourth-order valence-corrected chi connectivity index (χ4v) is 4.44. The molecule has 0 spiro atoms. The molecule has 6 heteroatoms. The van der Waals surface area contributed by atoms with Gasteiger partial charge in [0, 0.05) is 36.5 Å². The fraction of sp³-hybridized carbons (Fsp3) is 0.348. The number of amides is 1. The summed E-state index contributed by atoms with van der Waals surface area (Å²) < 4.78 is 1.80. The van der Waals surface area contributed by atoms with Crippen molar-refractivity contribution < 1.29 is 4.79 Å². The van der Waals surface area contributed by atoms with Crippen molar-refractivity contribution in [1.82, 2.24) is 14.8 Å². The lowest BCUT2D eigenvalue weighted by Crippen LogP contribution is -2.36. The highest BCUT2D eigenvalue weighted by Crippen LogP contribution is 2.39. The van der Waals surface area contributed by atoms with Gasteiger partial charge in [-0.05, 0) is 36.6 Å². The molecule has 0 atom stereocenters. The van der Waals surface area contributed by atoms with Crippen LogP contribution in [-0.4, -0.2) is 20.7 Å². The van der Waals surface area contributed by atoms with E-state index < -0.39 is 0 Å². The van der Waals surface area contributed by atoms with Crippen molar-refractivity contribution in [2.45, 2.75) is 38.6 Å². The Labute approximate surface area is 170 Å². The predicted molar refractivity (Wildman–Crippen MR) is 114 cm³/mol. The van der Waals surface area contributed by atoms with Crippen LogP contribution in [0, 0.1) is 5.92 Å². The van der Waals surface area contributed by atoms with E-state index in [4.69, 9.17) is 0 Å². The highest BCUT2D eigenvalue weighted by atomic mass is 16.2. The normalized spacial score (nSPS) is 16.5. The summed E-state index contributed by atoms with van der Waals surface area (Å²) in [5, 5.41) is 7.74. The average molecular weight is 387 g/mol. The third kappa shape index (κ3) is 3.39. The molecule has 29 heavy (non-hydrogen) atoms. The number of aromatic nitrogens is 3. The van der Waals surface area contributed by atoms with Crippen LogP contribution >= 0.6 is 0 Å². The molecule has 0 saturated heterocycles. The lowest BCUT2D eigenvalue weighted by Gasteiger charge is -2.29. The Morgan fingerprint density at radius 3 is 2.79 bits per heavy atom. The first kappa shape index (κ1) is 17.9. The van der Waals surface area contributed by atoms with E-state index in [9.17, 15) is 4.79 Å². The SMILES string of the molecule is Cn1cc(-c2ccc3c(c2)N(C(=O)C2CCCCC2)Cc2cccnc2N3)cn1. The molecule has 148 valence electrons. The lowest BCUT2D eigenvalue weighted by molar-refractivity contribution is -0.123. The van der Waals surface area contributed by atoms with Crippen LogP contribution in [0.5, 0.6) is 0 Å². The summed E-state index contributed by atoms with van der Waals surface area (Å²) in [5.41, 5.74) is 4.97. The summed E-state index contributed by atoms with van der Waals surface area (Å²) in [7, 11) is 1.91. The zero-order chi connectivity index (χ0) is 19.8. The van der Waals surface area contributed by atoms with Crippen molar-refractivity contribution in [2.24, 2.45) is 13.0 Å². The Bertz CT molecular complexity index is 1050. The number of carbonyl (C=O) groups is 1. The molecular formula is C23H25N5O. The molecule has 0 bridgehead atoms. The van der Waals surface area contributed by atoms with Crippen LogP contribution in [0.1, 0.15) is 37.7 Å². The predicted octanol–water partition coefficient (Wildman–Crippen LogP) is 4.65. The Kier molecular flexibility index (Phi) is 4.54. The minimum absolute atomic E-state index is 0.108. The second-order valence-corrected chi connectivity index (χ2v) is 8.03. The van der Waals surface area contributed by atoms with Crippen LogP contribution in [-0.2, 0) is 18.4 Å². The van der Waals surface area contributed by atoms with Crippen molar-refractivity contribution in [1.29, 1.82) is 0 Å². The Morgan fingerprint density at radius 2 is 2.00 bits per heavy atom. The zero-order valence-corrected chi connectivity index (χ0v) is 16.6. The molecule has 1 fully saturated rings. The molecule has 6 nitrogen and oxygen atoms in total. The number of benzene rings is 1. The molecular weight excluding hydrogens is 362 g/mol. The monoisotopic (exact) mass is 387 g/mol. The molecule has 3 heterocycles. The molecule has 2 aliphatic rings. The van der Waals surface area contributed by atoms with Crippen molar-refractivity contribution >= 4 is 23.1 Å².